The Bertz CT molecular complexity index is 774. The summed E-state index contributed by atoms with van der Waals surface area (Å²) in [7, 11) is -15.2. The van der Waals surface area contributed by atoms with E-state index in [4.69, 9.17) is 23.8 Å². The lowest BCUT2D eigenvalue weighted by molar-refractivity contribution is -0.208. The largest absolute Gasteiger partial charge is 0.470 e. The molecule has 0 spiro atoms. The molecule has 0 amide bonds. The molecule has 0 saturated heterocycles. The van der Waals surface area contributed by atoms with E-state index >= 15 is 0 Å². The smallest absolute Gasteiger partial charge is 0.387 e. The number of unbranched alkanes of at least 4 members (excludes halogenated alkanes) is 9. The van der Waals surface area contributed by atoms with Crippen LogP contribution in [0, 0.1) is 0 Å². The van der Waals surface area contributed by atoms with Gasteiger partial charge in [0.25, 0.3) is 10.1 Å². The fraction of sp³-hybridized carbons (Fsp3) is 1.00. The number of aliphatic hydroxyl groups excluding tert-OH is 3. The second-order valence-corrected chi connectivity index (χ2v) is 12.7. The van der Waals surface area contributed by atoms with E-state index < -0.39 is 68.1 Å². The molecular formula is C18H38O14P2S. The van der Waals surface area contributed by atoms with Crippen molar-refractivity contribution in [3.63, 3.8) is 0 Å². The Morgan fingerprint density at radius 2 is 0.971 bits per heavy atom. The second-order valence-electron chi connectivity index (χ2n) is 8.60. The van der Waals surface area contributed by atoms with Gasteiger partial charge >= 0.3 is 15.6 Å². The molecule has 7 N–H and O–H groups in total. The van der Waals surface area contributed by atoms with Crippen molar-refractivity contribution in [1.29, 1.82) is 0 Å². The van der Waals surface area contributed by atoms with Crippen molar-refractivity contribution in [1.82, 2.24) is 0 Å². The molecule has 17 heteroatoms. The Hall–Kier alpha value is 0.01000. The summed E-state index contributed by atoms with van der Waals surface area (Å²) in [5.74, 6) is -0.504. The van der Waals surface area contributed by atoms with Crippen molar-refractivity contribution in [3.8, 4) is 0 Å². The van der Waals surface area contributed by atoms with Crippen LogP contribution in [0.3, 0.4) is 0 Å². The Labute approximate surface area is 205 Å². The van der Waals surface area contributed by atoms with E-state index in [0.717, 1.165) is 32.1 Å². The van der Waals surface area contributed by atoms with Crippen LogP contribution in [0.25, 0.3) is 0 Å². The molecule has 0 aromatic rings. The van der Waals surface area contributed by atoms with E-state index in [-0.39, 0.29) is 6.42 Å². The van der Waals surface area contributed by atoms with Crippen LogP contribution in [0.1, 0.15) is 71.1 Å². The molecule has 2 unspecified atom stereocenters. The van der Waals surface area contributed by atoms with E-state index in [2.05, 4.69) is 16.0 Å². The van der Waals surface area contributed by atoms with E-state index in [1.165, 1.54) is 19.3 Å². The molecule has 1 rings (SSSR count). The molecule has 0 aromatic carbocycles. The third-order valence-electron chi connectivity index (χ3n) is 5.54. The summed E-state index contributed by atoms with van der Waals surface area (Å²) in [5, 5.41) is 30.8. The van der Waals surface area contributed by atoms with Crippen LogP contribution >= 0.6 is 15.6 Å². The van der Waals surface area contributed by atoms with Gasteiger partial charge in [-0.25, -0.2) is 9.13 Å². The van der Waals surface area contributed by atoms with E-state index in [1.807, 2.05) is 0 Å². The zero-order valence-electron chi connectivity index (χ0n) is 19.5. The lowest BCUT2D eigenvalue weighted by Gasteiger charge is -2.44. The number of hydrogen-bond donors (Lipinski definition) is 7. The normalized spacial score (nSPS) is 28.3. The van der Waals surface area contributed by atoms with E-state index in [9.17, 15) is 32.9 Å². The summed E-state index contributed by atoms with van der Waals surface area (Å²) in [5.41, 5.74) is 0. The summed E-state index contributed by atoms with van der Waals surface area (Å²) >= 11 is 0. The van der Waals surface area contributed by atoms with Gasteiger partial charge in [0, 0.05) is 0 Å². The average molecular weight is 573 g/mol. The van der Waals surface area contributed by atoms with Crippen LogP contribution in [0.2, 0.25) is 0 Å². The summed E-state index contributed by atoms with van der Waals surface area (Å²) in [6, 6.07) is 0. The molecule has 0 heterocycles. The lowest BCUT2D eigenvalue weighted by atomic mass is 9.85. The van der Waals surface area contributed by atoms with Crippen molar-refractivity contribution in [2.75, 3.05) is 5.75 Å². The standard InChI is InChI=1S/C18H38O14P2S/c1-2-3-4-5-6-7-8-9-10-11-12-35(28,29)32-18-14(20)16(30-33(22,23)24)13(19)17(15(18)21)31-34(25,26)27/h13-21H,2-12H2,1H3,(H2,22,23,24)(H2,25,26,27)/t13?,14-,15-,16-,17+,18?/m1/s1. The Kier molecular flexibility index (Phi) is 14.0. The molecule has 1 saturated carbocycles. The van der Waals surface area contributed by atoms with Gasteiger partial charge in [0.1, 0.15) is 36.6 Å². The predicted molar refractivity (Wildman–Crippen MR) is 122 cm³/mol. The summed E-state index contributed by atoms with van der Waals surface area (Å²) in [4.78, 5) is 36.1. The predicted octanol–water partition coefficient (Wildman–Crippen LogP) is 0.674. The van der Waals surface area contributed by atoms with Crippen LogP contribution in [-0.4, -0.2) is 85.7 Å². The first-order valence-corrected chi connectivity index (χ1v) is 16.1. The van der Waals surface area contributed by atoms with E-state index in [0.29, 0.717) is 6.42 Å². The highest BCUT2D eigenvalue weighted by Crippen LogP contribution is 2.46. The van der Waals surface area contributed by atoms with Crippen LogP contribution in [0.5, 0.6) is 0 Å². The van der Waals surface area contributed by atoms with Crippen LogP contribution in [0.4, 0.5) is 0 Å². The second kappa shape index (κ2) is 14.8. The molecule has 1 fully saturated rings. The van der Waals surface area contributed by atoms with Gasteiger partial charge in [0.2, 0.25) is 0 Å². The topological polar surface area (TPSA) is 238 Å². The summed E-state index contributed by atoms with van der Waals surface area (Å²) in [6.07, 6.45) is -4.36. The van der Waals surface area contributed by atoms with Crippen LogP contribution in [0.15, 0.2) is 0 Å². The third-order valence-corrected chi connectivity index (χ3v) is 7.88. The highest BCUT2D eigenvalue weighted by atomic mass is 32.2. The monoisotopic (exact) mass is 572 g/mol. The molecule has 210 valence electrons. The highest BCUT2D eigenvalue weighted by molar-refractivity contribution is 7.86. The fourth-order valence-electron chi connectivity index (χ4n) is 3.83. The van der Waals surface area contributed by atoms with Gasteiger partial charge in [0.05, 0.1) is 5.75 Å². The maximum Gasteiger partial charge on any atom is 0.470 e. The third kappa shape index (κ3) is 12.9. The number of hydrogen-bond acceptors (Lipinski definition) is 10. The SMILES string of the molecule is CCCCCCCCCCCCS(=O)(=O)OC1[C@H](O)[C@H](OP(=O)(O)O)C(O)[C@H](OP(=O)(O)O)[C@H]1O. The van der Waals surface area contributed by atoms with Crippen molar-refractivity contribution < 1.29 is 65.7 Å². The minimum atomic E-state index is -5.38. The zero-order valence-corrected chi connectivity index (χ0v) is 22.1. The molecule has 0 bridgehead atoms. The quantitative estimate of drug-likeness (QED) is 0.0721. The Morgan fingerprint density at radius 3 is 1.34 bits per heavy atom. The first kappa shape index (κ1) is 33.0. The number of rotatable bonds is 17. The van der Waals surface area contributed by atoms with Crippen molar-refractivity contribution in [2.24, 2.45) is 0 Å². The fourth-order valence-corrected chi connectivity index (χ4v) is 6.18. The van der Waals surface area contributed by atoms with Crippen LogP contribution in [-0.2, 0) is 32.5 Å². The maximum absolute atomic E-state index is 12.4. The number of phosphoric acid groups is 2. The molecule has 14 nitrogen and oxygen atoms in total. The molecule has 1 aliphatic carbocycles. The van der Waals surface area contributed by atoms with Gasteiger partial charge in [-0.15, -0.1) is 0 Å². The average Bonchev–Trinajstić information content (AvgIpc) is 2.72. The first-order valence-electron chi connectivity index (χ1n) is 11.5. The molecule has 35 heavy (non-hydrogen) atoms. The number of aliphatic hydroxyl groups is 3. The minimum Gasteiger partial charge on any atom is -0.387 e. The molecule has 1 aliphatic rings. The van der Waals surface area contributed by atoms with Gasteiger partial charge in [-0.05, 0) is 6.42 Å². The van der Waals surface area contributed by atoms with Gasteiger partial charge in [-0.3, -0.25) is 13.2 Å². The van der Waals surface area contributed by atoms with Gasteiger partial charge in [-0.1, -0.05) is 64.7 Å². The highest BCUT2D eigenvalue weighted by Gasteiger charge is 2.55. The first-order chi connectivity index (χ1) is 16.1. The maximum atomic E-state index is 12.4. The van der Waals surface area contributed by atoms with Gasteiger partial charge < -0.3 is 34.9 Å². The van der Waals surface area contributed by atoms with Crippen LogP contribution < -0.4 is 0 Å². The minimum absolute atomic E-state index is 0.199. The zero-order chi connectivity index (χ0) is 26.9. The summed E-state index contributed by atoms with van der Waals surface area (Å²) < 4.78 is 60.5. The molecule has 0 radical (unpaired) electrons. The van der Waals surface area contributed by atoms with Gasteiger partial charge in [0.15, 0.2) is 0 Å². The molecule has 0 aromatic heterocycles. The molecular weight excluding hydrogens is 534 g/mol. The lowest BCUT2D eigenvalue weighted by Crippen LogP contribution is -2.65. The van der Waals surface area contributed by atoms with E-state index in [1.54, 1.807) is 0 Å². The Balaban J connectivity index is 2.72. The summed E-state index contributed by atoms with van der Waals surface area (Å²) in [6.45, 7) is 2.14. The number of phosphoric ester groups is 2. The van der Waals surface area contributed by atoms with Crippen molar-refractivity contribution >= 4 is 25.8 Å². The van der Waals surface area contributed by atoms with Crippen molar-refractivity contribution in [3.05, 3.63) is 0 Å². The van der Waals surface area contributed by atoms with Gasteiger partial charge in [-0.2, -0.15) is 8.42 Å². The molecule has 6 atom stereocenters. The molecule has 0 aliphatic heterocycles. The van der Waals surface area contributed by atoms with Crippen molar-refractivity contribution in [2.45, 2.75) is 108 Å². The Morgan fingerprint density at radius 1 is 0.629 bits per heavy atom.